The van der Waals surface area contributed by atoms with Gasteiger partial charge >= 0.3 is 0 Å². The topological polar surface area (TPSA) is 35.5 Å². The lowest BCUT2D eigenvalue weighted by Gasteiger charge is -2.37. The van der Waals surface area contributed by atoms with Gasteiger partial charge in [-0.3, -0.25) is 0 Å². The number of anilines is 3. The molecule has 0 radical (unpaired) electrons. The van der Waals surface area contributed by atoms with Crippen molar-refractivity contribution >= 4 is 17.3 Å². The molecule has 0 bridgehead atoms. The Hall–Kier alpha value is -2.30. The van der Waals surface area contributed by atoms with Crippen molar-refractivity contribution in [2.75, 3.05) is 54.0 Å². The van der Waals surface area contributed by atoms with E-state index < -0.39 is 0 Å². The molecule has 0 unspecified atom stereocenters. The van der Waals surface area contributed by atoms with E-state index in [1.165, 1.54) is 31.4 Å². The molecule has 2 fully saturated rings. The first-order valence-corrected chi connectivity index (χ1v) is 9.52. The Morgan fingerprint density at radius 2 is 1.16 bits per heavy atom. The van der Waals surface area contributed by atoms with Gasteiger partial charge in [-0.05, 0) is 25.0 Å². The van der Waals surface area contributed by atoms with E-state index >= 15 is 0 Å². The molecule has 2 saturated heterocycles. The largest absolute Gasteiger partial charge is 0.368 e. The van der Waals surface area contributed by atoms with Gasteiger partial charge in [0, 0.05) is 51.0 Å². The monoisotopic (exact) mass is 337 g/mol. The molecule has 5 heteroatoms. The Bertz CT molecular complexity index is 659. The molecule has 0 atom stereocenters. The first-order valence-electron chi connectivity index (χ1n) is 9.52. The summed E-state index contributed by atoms with van der Waals surface area (Å²) >= 11 is 0. The van der Waals surface area contributed by atoms with Gasteiger partial charge in [0.15, 0.2) is 0 Å². The lowest BCUT2D eigenvalue weighted by molar-refractivity contribution is 0.646. The molecule has 0 N–H and O–H groups in total. The van der Waals surface area contributed by atoms with E-state index in [-0.39, 0.29) is 0 Å². The fraction of sp³-hybridized carbons (Fsp3) is 0.500. The number of piperazine rings is 1. The number of benzene rings is 1. The molecule has 5 nitrogen and oxygen atoms in total. The van der Waals surface area contributed by atoms with Gasteiger partial charge < -0.3 is 14.7 Å². The normalized spacial score (nSPS) is 19.0. The third-order valence-electron chi connectivity index (χ3n) is 5.29. The maximum Gasteiger partial charge on any atom is 0.134 e. The van der Waals surface area contributed by atoms with Gasteiger partial charge in [0.25, 0.3) is 0 Å². The first kappa shape index (κ1) is 16.2. The second-order valence-electron chi connectivity index (χ2n) is 6.95. The van der Waals surface area contributed by atoms with Crippen molar-refractivity contribution in [1.29, 1.82) is 0 Å². The minimum atomic E-state index is 1.01. The maximum atomic E-state index is 4.55. The van der Waals surface area contributed by atoms with Crippen molar-refractivity contribution < 1.29 is 0 Å². The highest BCUT2D eigenvalue weighted by molar-refractivity contribution is 5.53. The van der Waals surface area contributed by atoms with Crippen LogP contribution in [0.4, 0.5) is 17.3 Å². The highest BCUT2D eigenvalue weighted by atomic mass is 15.3. The van der Waals surface area contributed by atoms with Crippen LogP contribution in [0.1, 0.15) is 25.7 Å². The summed E-state index contributed by atoms with van der Waals surface area (Å²) in [5.41, 5.74) is 1.31. The molecule has 0 amide bonds. The highest BCUT2D eigenvalue weighted by Crippen LogP contribution is 2.23. The van der Waals surface area contributed by atoms with E-state index in [0.717, 1.165) is 50.9 Å². The van der Waals surface area contributed by atoms with Gasteiger partial charge in [-0.25, -0.2) is 9.97 Å². The second-order valence-corrected chi connectivity index (χ2v) is 6.95. The van der Waals surface area contributed by atoms with Gasteiger partial charge in [-0.1, -0.05) is 31.0 Å². The minimum absolute atomic E-state index is 1.01. The summed E-state index contributed by atoms with van der Waals surface area (Å²) in [6.45, 7) is 6.33. The third kappa shape index (κ3) is 3.86. The van der Waals surface area contributed by atoms with Crippen LogP contribution in [0.3, 0.4) is 0 Å². The zero-order valence-corrected chi connectivity index (χ0v) is 14.8. The van der Waals surface area contributed by atoms with Crippen molar-refractivity contribution in [1.82, 2.24) is 9.97 Å². The van der Waals surface area contributed by atoms with Crippen LogP contribution in [0.25, 0.3) is 0 Å². The predicted octanol–water partition coefficient (Wildman–Crippen LogP) is 3.18. The van der Waals surface area contributed by atoms with Gasteiger partial charge in [-0.15, -0.1) is 0 Å². The van der Waals surface area contributed by atoms with E-state index in [0.29, 0.717) is 0 Å². The van der Waals surface area contributed by atoms with Crippen LogP contribution in [0.15, 0.2) is 42.7 Å². The molecule has 3 heterocycles. The van der Waals surface area contributed by atoms with Crippen LogP contribution in [-0.4, -0.2) is 49.2 Å². The summed E-state index contributed by atoms with van der Waals surface area (Å²) in [5, 5.41) is 0. The fourth-order valence-electron chi connectivity index (χ4n) is 3.82. The van der Waals surface area contributed by atoms with Gasteiger partial charge in [0.05, 0.1) is 0 Å². The molecule has 132 valence electrons. The molecule has 0 spiro atoms. The molecule has 1 aromatic carbocycles. The van der Waals surface area contributed by atoms with Crippen LogP contribution in [0.2, 0.25) is 0 Å². The number of para-hydroxylation sites is 1. The highest BCUT2D eigenvalue weighted by Gasteiger charge is 2.19. The van der Waals surface area contributed by atoms with Crippen LogP contribution >= 0.6 is 0 Å². The van der Waals surface area contributed by atoms with Crippen LogP contribution in [-0.2, 0) is 0 Å². The summed E-state index contributed by atoms with van der Waals surface area (Å²) in [5.74, 6) is 2.17. The van der Waals surface area contributed by atoms with Crippen molar-refractivity contribution in [3.63, 3.8) is 0 Å². The lowest BCUT2D eigenvalue weighted by atomic mass is 10.2. The molecule has 0 saturated carbocycles. The fourth-order valence-corrected chi connectivity index (χ4v) is 3.82. The smallest absolute Gasteiger partial charge is 0.134 e. The molecule has 2 aromatic rings. The van der Waals surface area contributed by atoms with E-state index in [9.17, 15) is 0 Å². The van der Waals surface area contributed by atoms with Crippen LogP contribution in [0.5, 0.6) is 0 Å². The summed E-state index contributed by atoms with van der Waals surface area (Å²) < 4.78 is 0. The second kappa shape index (κ2) is 7.72. The Kier molecular flexibility index (Phi) is 5.00. The number of hydrogen-bond donors (Lipinski definition) is 0. The molecule has 0 aliphatic carbocycles. The van der Waals surface area contributed by atoms with Gasteiger partial charge in [-0.2, -0.15) is 0 Å². The Morgan fingerprint density at radius 3 is 1.80 bits per heavy atom. The summed E-state index contributed by atoms with van der Waals surface area (Å²) in [6.07, 6.45) is 6.97. The molecular weight excluding hydrogens is 310 g/mol. The van der Waals surface area contributed by atoms with Crippen LogP contribution in [0, 0.1) is 0 Å². The number of aromatic nitrogens is 2. The Labute approximate surface area is 150 Å². The minimum Gasteiger partial charge on any atom is -0.368 e. The standard InChI is InChI=1S/C20H27N5/c1-2-7-11-24(10-6-1)19-16-20(22-17-21-19)25-14-12-23(13-15-25)18-8-4-3-5-9-18/h3-5,8-9,16-17H,1-2,6-7,10-15H2. The Morgan fingerprint density at radius 1 is 0.600 bits per heavy atom. The first-order chi connectivity index (χ1) is 12.4. The zero-order chi connectivity index (χ0) is 16.9. The average Bonchev–Trinajstić information content (AvgIpc) is 2.99. The van der Waals surface area contributed by atoms with E-state index in [1.54, 1.807) is 6.33 Å². The number of nitrogens with zero attached hydrogens (tertiary/aromatic N) is 5. The van der Waals surface area contributed by atoms with Crippen molar-refractivity contribution in [2.24, 2.45) is 0 Å². The lowest BCUT2D eigenvalue weighted by Crippen LogP contribution is -2.46. The predicted molar refractivity (Wildman–Crippen MR) is 104 cm³/mol. The van der Waals surface area contributed by atoms with Crippen molar-refractivity contribution in [3.05, 3.63) is 42.7 Å². The molecule has 2 aliphatic heterocycles. The average molecular weight is 337 g/mol. The maximum absolute atomic E-state index is 4.55. The molecule has 4 rings (SSSR count). The SMILES string of the molecule is c1ccc(N2CCN(c3cc(N4CCCCCC4)ncn3)CC2)cc1. The summed E-state index contributed by atoms with van der Waals surface area (Å²) in [7, 11) is 0. The van der Waals surface area contributed by atoms with Gasteiger partial charge in [0.1, 0.15) is 18.0 Å². The van der Waals surface area contributed by atoms with E-state index in [4.69, 9.17) is 0 Å². The van der Waals surface area contributed by atoms with Gasteiger partial charge in [0.2, 0.25) is 0 Å². The quantitative estimate of drug-likeness (QED) is 0.859. The third-order valence-corrected chi connectivity index (χ3v) is 5.29. The summed E-state index contributed by atoms with van der Waals surface area (Å²) in [6, 6.07) is 12.9. The molecule has 25 heavy (non-hydrogen) atoms. The van der Waals surface area contributed by atoms with E-state index in [1.807, 2.05) is 0 Å². The van der Waals surface area contributed by atoms with E-state index in [2.05, 4.69) is 61.1 Å². The van der Waals surface area contributed by atoms with Crippen molar-refractivity contribution in [3.8, 4) is 0 Å². The molecule has 1 aromatic heterocycles. The summed E-state index contributed by atoms with van der Waals surface area (Å²) in [4.78, 5) is 16.4. The molecule has 2 aliphatic rings. The van der Waals surface area contributed by atoms with Crippen LogP contribution < -0.4 is 14.7 Å². The number of rotatable bonds is 3. The Balaban J connectivity index is 1.42. The number of hydrogen-bond acceptors (Lipinski definition) is 5. The zero-order valence-electron chi connectivity index (χ0n) is 14.8. The van der Waals surface area contributed by atoms with Crippen molar-refractivity contribution in [2.45, 2.75) is 25.7 Å². The molecular formula is C20H27N5.